The number of ether oxygens (including phenoxy) is 7. The molecule has 0 radical (unpaired) electrons. The zero-order chi connectivity index (χ0) is 32.7. The lowest BCUT2D eigenvalue weighted by molar-refractivity contribution is -0.342. The molecule has 45 heavy (non-hydrogen) atoms. The van der Waals surface area contributed by atoms with Gasteiger partial charge in [0.15, 0.2) is 12.6 Å². The van der Waals surface area contributed by atoms with Crippen LogP contribution in [0.5, 0.6) is 0 Å². The van der Waals surface area contributed by atoms with Gasteiger partial charge in [-0.05, 0) is 38.5 Å². The van der Waals surface area contributed by atoms with Crippen LogP contribution in [-0.4, -0.2) is 177 Å². The molecule has 0 amide bonds. The van der Waals surface area contributed by atoms with Crippen LogP contribution < -0.4 is 0 Å². The molecule has 0 aromatic rings. The summed E-state index contributed by atoms with van der Waals surface area (Å²) >= 11 is 0. The van der Waals surface area contributed by atoms with Gasteiger partial charge in [-0.1, -0.05) is 0 Å². The lowest BCUT2D eigenvalue weighted by atomic mass is 9.72. The Hall–Kier alpha value is -0.640. The standard InChI is InChI=1S/C29H50O16/c1-10-20(32)23(35)25(37)28(41-10)44-18-8-13-14(42-27(18)11-4-16(39-2)21(33)17(5-11)40-3)6-12(31)7-15(13)43-29-26(38)24(36)22(34)19(9-30)45-29/h10-38H,4-9H2,1-3H3. The predicted octanol–water partition coefficient (Wildman–Crippen LogP) is -3.89. The van der Waals surface area contributed by atoms with Crippen LogP contribution in [0.4, 0.5) is 0 Å². The zero-order valence-corrected chi connectivity index (χ0v) is 25.7. The second-order valence-electron chi connectivity index (χ2n) is 13.2. The summed E-state index contributed by atoms with van der Waals surface area (Å²) in [5.41, 5.74) is 0. The maximum absolute atomic E-state index is 10.8. The third-order valence-electron chi connectivity index (χ3n) is 10.3. The van der Waals surface area contributed by atoms with Crippen molar-refractivity contribution in [2.24, 2.45) is 11.8 Å². The second-order valence-corrected chi connectivity index (χ2v) is 13.2. The van der Waals surface area contributed by atoms with E-state index in [-0.39, 0.29) is 25.2 Å². The molecular weight excluding hydrogens is 604 g/mol. The van der Waals surface area contributed by atoms with Crippen LogP contribution >= 0.6 is 0 Å². The fourth-order valence-corrected chi connectivity index (χ4v) is 7.68. The summed E-state index contributed by atoms with van der Waals surface area (Å²) in [5.74, 6) is -0.729. The van der Waals surface area contributed by atoms with E-state index in [9.17, 15) is 46.0 Å². The SMILES string of the molecule is COC1CC(C2OC3CC(O)CC(OC4OC(CO)C(O)C(O)C4O)C3CC2OC2OC(C)C(O)C(O)C2O)CC(OC)C1O. The molecule has 5 aliphatic rings. The highest BCUT2D eigenvalue weighted by atomic mass is 16.7. The van der Waals surface area contributed by atoms with Crippen LogP contribution in [0.25, 0.3) is 0 Å². The molecule has 262 valence electrons. The van der Waals surface area contributed by atoms with Gasteiger partial charge in [0.05, 0.1) is 55.4 Å². The molecule has 3 aliphatic heterocycles. The molecule has 5 fully saturated rings. The van der Waals surface area contributed by atoms with Crippen LogP contribution in [-0.2, 0) is 33.2 Å². The van der Waals surface area contributed by atoms with Crippen LogP contribution in [0.1, 0.15) is 39.0 Å². The van der Waals surface area contributed by atoms with Crippen molar-refractivity contribution in [1.29, 1.82) is 0 Å². The van der Waals surface area contributed by atoms with Crippen molar-refractivity contribution in [3.05, 3.63) is 0 Å². The number of hydrogen-bond donors (Lipinski definition) is 9. The first-order valence-electron chi connectivity index (χ1n) is 15.8. The zero-order valence-electron chi connectivity index (χ0n) is 25.7. The topological polar surface area (TPSA) is 247 Å². The second kappa shape index (κ2) is 14.9. The Bertz CT molecular complexity index is 930. The van der Waals surface area contributed by atoms with Gasteiger partial charge in [-0.25, -0.2) is 0 Å². The molecule has 3 heterocycles. The Labute approximate surface area is 261 Å². The summed E-state index contributed by atoms with van der Waals surface area (Å²) in [6.07, 6.45) is -18.3. The third-order valence-corrected chi connectivity index (χ3v) is 10.3. The molecule has 16 nitrogen and oxygen atoms in total. The van der Waals surface area contributed by atoms with Gasteiger partial charge in [-0.2, -0.15) is 0 Å². The van der Waals surface area contributed by atoms with E-state index in [1.54, 1.807) is 6.92 Å². The molecule has 0 spiro atoms. The van der Waals surface area contributed by atoms with Crippen molar-refractivity contribution in [3.63, 3.8) is 0 Å². The van der Waals surface area contributed by atoms with E-state index >= 15 is 0 Å². The van der Waals surface area contributed by atoms with E-state index in [4.69, 9.17) is 33.2 Å². The first-order valence-corrected chi connectivity index (χ1v) is 15.8. The minimum Gasteiger partial charge on any atom is -0.394 e. The van der Waals surface area contributed by atoms with Crippen LogP contribution in [0, 0.1) is 11.8 Å². The fourth-order valence-electron chi connectivity index (χ4n) is 7.68. The van der Waals surface area contributed by atoms with Crippen molar-refractivity contribution in [1.82, 2.24) is 0 Å². The maximum Gasteiger partial charge on any atom is 0.186 e. The Kier molecular flexibility index (Phi) is 11.8. The van der Waals surface area contributed by atoms with Crippen molar-refractivity contribution in [2.75, 3.05) is 20.8 Å². The van der Waals surface area contributed by atoms with Gasteiger partial charge < -0.3 is 79.1 Å². The third kappa shape index (κ3) is 7.22. The van der Waals surface area contributed by atoms with Crippen molar-refractivity contribution >= 4 is 0 Å². The Morgan fingerprint density at radius 2 is 1.16 bits per heavy atom. The van der Waals surface area contributed by atoms with Gasteiger partial charge in [-0.15, -0.1) is 0 Å². The summed E-state index contributed by atoms with van der Waals surface area (Å²) in [6, 6.07) is 0. The average molecular weight is 655 g/mol. The maximum atomic E-state index is 10.8. The van der Waals surface area contributed by atoms with Gasteiger partial charge in [0.1, 0.15) is 48.8 Å². The van der Waals surface area contributed by atoms with Gasteiger partial charge in [-0.3, -0.25) is 0 Å². The van der Waals surface area contributed by atoms with Crippen molar-refractivity contribution < 1.29 is 79.1 Å². The monoisotopic (exact) mass is 654 g/mol. The van der Waals surface area contributed by atoms with E-state index < -0.39 is 123 Å². The summed E-state index contributed by atoms with van der Waals surface area (Å²) < 4.78 is 41.6. The first kappa shape index (κ1) is 35.7. The van der Waals surface area contributed by atoms with Crippen LogP contribution in [0.2, 0.25) is 0 Å². The highest BCUT2D eigenvalue weighted by molar-refractivity contribution is 5.01. The quantitative estimate of drug-likeness (QED) is 0.121. The van der Waals surface area contributed by atoms with Gasteiger partial charge in [0, 0.05) is 26.6 Å². The fraction of sp³-hybridized carbons (Fsp3) is 1.00. The first-order chi connectivity index (χ1) is 21.4. The van der Waals surface area contributed by atoms with Gasteiger partial charge in [0.2, 0.25) is 0 Å². The molecule has 3 saturated heterocycles. The lowest BCUT2D eigenvalue weighted by Gasteiger charge is -2.53. The average Bonchev–Trinajstić information content (AvgIpc) is 3.02. The summed E-state index contributed by atoms with van der Waals surface area (Å²) in [6.45, 7) is 0.914. The molecule has 16 heteroatoms. The molecule has 0 aromatic carbocycles. The minimum atomic E-state index is -1.65. The molecule has 2 saturated carbocycles. The number of aliphatic hydroxyl groups excluding tert-OH is 9. The summed E-state index contributed by atoms with van der Waals surface area (Å²) in [5, 5.41) is 93.7. The molecule has 5 rings (SSSR count). The number of rotatable bonds is 8. The number of fused-ring (bicyclic) bond motifs is 1. The molecule has 18 unspecified atom stereocenters. The number of methoxy groups -OCH3 is 2. The molecule has 0 bridgehead atoms. The smallest absolute Gasteiger partial charge is 0.186 e. The van der Waals surface area contributed by atoms with Crippen molar-refractivity contribution in [2.45, 2.75) is 149 Å². The van der Waals surface area contributed by atoms with E-state index in [1.807, 2.05) is 0 Å². The minimum absolute atomic E-state index is 0.120. The predicted molar refractivity (Wildman–Crippen MR) is 148 cm³/mol. The lowest BCUT2D eigenvalue weighted by Crippen LogP contribution is -2.63. The Balaban J connectivity index is 1.40. The van der Waals surface area contributed by atoms with E-state index in [0.29, 0.717) is 12.8 Å². The van der Waals surface area contributed by atoms with E-state index in [0.717, 1.165) is 0 Å². The summed E-state index contributed by atoms with van der Waals surface area (Å²) in [4.78, 5) is 0. The van der Waals surface area contributed by atoms with Gasteiger partial charge in [0.25, 0.3) is 0 Å². The largest absolute Gasteiger partial charge is 0.394 e. The number of aliphatic hydroxyl groups is 9. The van der Waals surface area contributed by atoms with Crippen molar-refractivity contribution in [3.8, 4) is 0 Å². The molecule has 2 aliphatic carbocycles. The number of hydrogen-bond acceptors (Lipinski definition) is 16. The molecule has 0 aromatic heterocycles. The van der Waals surface area contributed by atoms with Crippen LogP contribution in [0.15, 0.2) is 0 Å². The molecular formula is C29H50O16. The molecule has 18 atom stereocenters. The van der Waals surface area contributed by atoms with Gasteiger partial charge >= 0.3 is 0 Å². The highest BCUT2D eigenvalue weighted by Gasteiger charge is 2.54. The van der Waals surface area contributed by atoms with Crippen LogP contribution in [0.3, 0.4) is 0 Å². The summed E-state index contributed by atoms with van der Waals surface area (Å²) in [7, 11) is 2.99. The Morgan fingerprint density at radius 1 is 0.578 bits per heavy atom. The normalized spacial score (nSPS) is 54.4. The highest BCUT2D eigenvalue weighted by Crippen LogP contribution is 2.45. The Morgan fingerprint density at radius 3 is 1.76 bits per heavy atom. The van der Waals surface area contributed by atoms with E-state index in [1.165, 1.54) is 14.2 Å². The molecule has 9 N–H and O–H groups in total. The van der Waals surface area contributed by atoms with E-state index in [2.05, 4.69) is 0 Å².